The van der Waals surface area contributed by atoms with Gasteiger partial charge in [-0.1, -0.05) is 56.2 Å². The summed E-state index contributed by atoms with van der Waals surface area (Å²) >= 11 is 5.38. The van der Waals surface area contributed by atoms with E-state index in [2.05, 4.69) is 22.2 Å². The molecule has 1 heterocycles. The van der Waals surface area contributed by atoms with Crippen molar-refractivity contribution in [3.63, 3.8) is 0 Å². The van der Waals surface area contributed by atoms with Gasteiger partial charge in [-0.25, -0.2) is 4.98 Å². The molecule has 0 unspecified atom stereocenters. The molecule has 0 bridgehead atoms. The summed E-state index contributed by atoms with van der Waals surface area (Å²) in [5.41, 5.74) is 8.50. The van der Waals surface area contributed by atoms with E-state index in [-0.39, 0.29) is 6.42 Å². The predicted molar refractivity (Wildman–Crippen MR) is 102 cm³/mol. The summed E-state index contributed by atoms with van der Waals surface area (Å²) in [6, 6.07) is 7.50. The number of unbranched alkanes of at least 4 members (excludes halogenated alkanes) is 2. The molecule has 0 aliphatic carbocycles. The zero-order valence-corrected chi connectivity index (χ0v) is 15.2. The maximum absolute atomic E-state index is 10.8. The number of aromatic nitrogens is 2. The minimum atomic E-state index is -0.837. The number of H-pyrrole nitrogens is 1. The first-order valence-electron chi connectivity index (χ1n) is 8.41. The molecule has 1 aromatic carbocycles. The third-order valence-electron chi connectivity index (χ3n) is 3.88. The van der Waals surface area contributed by atoms with Crippen LogP contribution in [0.5, 0.6) is 0 Å². The summed E-state index contributed by atoms with van der Waals surface area (Å²) in [5, 5.41) is 12.2. The molecule has 2 aromatic rings. The number of nitrogens with two attached hydrogens (primary N) is 1. The van der Waals surface area contributed by atoms with Gasteiger partial charge in [0.2, 0.25) is 0 Å². The van der Waals surface area contributed by atoms with Crippen LogP contribution in [0.15, 0.2) is 24.3 Å². The Morgan fingerprint density at radius 3 is 2.60 bits per heavy atom. The molecule has 1 aromatic heterocycles. The van der Waals surface area contributed by atoms with Gasteiger partial charge in [-0.15, -0.1) is 0 Å². The van der Waals surface area contributed by atoms with Gasteiger partial charge in [0.25, 0.3) is 0 Å². The summed E-state index contributed by atoms with van der Waals surface area (Å²) in [6.07, 6.45) is 4.02. The number of nitrogen functional groups attached to an aromatic ring is 1. The van der Waals surface area contributed by atoms with Crippen molar-refractivity contribution in [3.05, 3.63) is 45.6 Å². The summed E-state index contributed by atoms with van der Waals surface area (Å²) in [6.45, 7) is 3.00. The molecule has 25 heavy (non-hydrogen) atoms. The van der Waals surface area contributed by atoms with Crippen LogP contribution in [0.2, 0.25) is 0 Å². The van der Waals surface area contributed by atoms with Gasteiger partial charge in [0.15, 0.2) is 5.95 Å². The monoisotopic (exact) mass is 360 g/mol. The third-order valence-corrected chi connectivity index (χ3v) is 4.21. The number of rotatable bonds is 9. The van der Waals surface area contributed by atoms with Gasteiger partial charge in [-0.2, -0.15) is 0 Å². The highest BCUT2D eigenvalue weighted by molar-refractivity contribution is 7.71. The second-order valence-corrected chi connectivity index (χ2v) is 6.37. The Morgan fingerprint density at radius 2 is 1.96 bits per heavy atom. The number of aromatic amines is 1. The van der Waals surface area contributed by atoms with E-state index in [9.17, 15) is 4.79 Å². The zero-order chi connectivity index (χ0) is 18.2. The number of carbonyl (C=O) groups is 1. The molecule has 0 amide bonds. The molecule has 0 radical (unpaired) electrons. The maximum atomic E-state index is 10.8. The number of nitrogens with zero attached hydrogens (tertiary/aromatic N) is 1. The van der Waals surface area contributed by atoms with Crippen LogP contribution >= 0.6 is 12.2 Å². The lowest BCUT2D eigenvalue weighted by Gasteiger charge is -2.13. The molecule has 0 spiro atoms. The number of hydrogen-bond acceptors (Lipinski definition) is 5. The van der Waals surface area contributed by atoms with E-state index < -0.39 is 5.97 Å². The van der Waals surface area contributed by atoms with Crippen LogP contribution < -0.4 is 11.1 Å². The average molecular weight is 360 g/mol. The average Bonchev–Trinajstić information content (AvgIpc) is 2.55. The minimum Gasteiger partial charge on any atom is -0.481 e. The zero-order valence-electron chi connectivity index (χ0n) is 14.3. The summed E-state index contributed by atoms with van der Waals surface area (Å²) in [4.78, 5) is 18.0. The van der Waals surface area contributed by atoms with Crippen molar-refractivity contribution in [2.75, 3.05) is 17.6 Å². The summed E-state index contributed by atoms with van der Waals surface area (Å²) in [7, 11) is 0. The van der Waals surface area contributed by atoms with Crippen LogP contribution in [0.3, 0.4) is 0 Å². The van der Waals surface area contributed by atoms with Gasteiger partial charge in [0.1, 0.15) is 10.5 Å². The second-order valence-electron chi connectivity index (χ2n) is 5.98. The standard InChI is InChI=1S/C18H24N4O2S/c1-2-3-4-9-20-16-14(17(25)22-18(19)21-16)10-12-5-7-13(8-6-12)11-15(23)24/h5-8H,2-4,9-11H2,1H3,(H,23,24)(H4,19,20,21,22,25). The Kier molecular flexibility index (Phi) is 6.94. The second kappa shape index (κ2) is 9.17. The van der Waals surface area contributed by atoms with Crippen LogP contribution in [-0.4, -0.2) is 27.6 Å². The number of carboxylic acid groups (broad SMARTS) is 1. The Morgan fingerprint density at radius 1 is 1.28 bits per heavy atom. The largest absolute Gasteiger partial charge is 0.481 e. The lowest BCUT2D eigenvalue weighted by atomic mass is 10.0. The molecule has 5 N–H and O–H groups in total. The van der Waals surface area contributed by atoms with Gasteiger partial charge in [-0.05, 0) is 17.5 Å². The van der Waals surface area contributed by atoms with Crippen LogP contribution in [0.1, 0.15) is 42.9 Å². The fraction of sp³-hybridized carbons (Fsp3) is 0.389. The smallest absolute Gasteiger partial charge is 0.307 e. The number of benzene rings is 1. The number of aliphatic carboxylic acids is 1. The van der Waals surface area contributed by atoms with Gasteiger partial charge in [-0.3, -0.25) is 4.79 Å². The first-order valence-corrected chi connectivity index (χ1v) is 8.82. The summed E-state index contributed by atoms with van der Waals surface area (Å²) in [5.74, 6) is 0.267. The van der Waals surface area contributed by atoms with E-state index >= 15 is 0 Å². The van der Waals surface area contributed by atoms with Crippen molar-refractivity contribution < 1.29 is 9.90 Å². The lowest BCUT2D eigenvalue weighted by Crippen LogP contribution is -2.10. The van der Waals surface area contributed by atoms with Gasteiger partial charge in [0.05, 0.1) is 6.42 Å². The van der Waals surface area contributed by atoms with Crippen molar-refractivity contribution in [2.45, 2.75) is 39.0 Å². The molecule has 134 valence electrons. The first-order chi connectivity index (χ1) is 12.0. The van der Waals surface area contributed by atoms with Crippen LogP contribution in [0.4, 0.5) is 11.8 Å². The molecule has 0 aliphatic heterocycles. The van der Waals surface area contributed by atoms with Crippen LogP contribution in [0, 0.1) is 4.64 Å². The highest BCUT2D eigenvalue weighted by Gasteiger charge is 2.09. The van der Waals surface area contributed by atoms with E-state index in [1.165, 1.54) is 0 Å². The predicted octanol–water partition coefficient (Wildman–Crippen LogP) is 3.54. The Bertz CT molecular complexity index is 772. The van der Waals surface area contributed by atoms with Crippen LogP contribution in [0.25, 0.3) is 0 Å². The Balaban J connectivity index is 2.17. The minimum absolute atomic E-state index is 0.0218. The van der Waals surface area contributed by atoms with E-state index in [1.807, 2.05) is 24.3 Å². The lowest BCUT2D eigenvalue weighted by molar-refractivity contribution is -0.136. The molecule has 2 rings (SSSR count). The highest BCUT2D eigenvalue weighted by Crippen LogP contribution is 2.20. The molecule has 6 nitrogen and oxygen atoms in total. The highest BCUT2D eigenvalue weighted by atomic mass is 32.1. The van der Waals surface area contributed by atoms with Gasteiger partial charge < -0.3 is 21.1 Å². The van der Waals surface area contributed by atoms with E-state index in [0.717, 1.165) is 48.3 Å². The molecule has 0 fully saturated rings. The van der Waals surface area contributed by atoms with Crippen molar-refractivity contribution in [2.24, 2.45) is 0 Å². The fourth-order valence-electron chi connectivity index (χ4n) is 2.57. The van der Waals surface area contributed by atoms with Crippen molar-refractivity contribution in [1.29, 1.82) is 0 Å². The molecule has 0 atom stereocenters. The quantitative estimate of drug-likeness (QED) is 0.403. The maximum Gasteiger partial charge on any atom is 0.307 e. The first kappa shape index (κ1) is 18.9. The Hall–Kier alpha value is -2.41. The van der Waals surface area contributed by atoms with Crippen molar-refractivity contribution >= 4 is 30.0 Å². The van der Waals surface area contributed by atoms with Gasteiger partial charge in [0, 0.05) is 18.5 Å². The number of carboxylic acids is 1. The van der Waals surface area contributed by atoms with Crippen molar-refractivity contribution in [1.82, 2.24) is 9.97 Å². The van der Waals surface area contributed by atoms with Gasteiger partial charge >= 0.3 is 5.97 Å². The SMILES string of the molecule is CCCCCNc1[nH]c(N)nc(=S)c1Cc1ccc(CC(=O)O)cc1. The number of hydrogen-bond donors (Lipinski definition) is 4. The molecule has 0 aliphatic rings. The molecule has 0 saturated heterocycles. The fourth-order valence-corrected chi connectivity index (χ4v) is 2.84. The number of nitrogens with one attached hydrogen (secondary N) is 2. The molecule has 7 heteroatoms. The third kappa shape index (κ3) is 5.86. The van der Waals surface area contributed by atoms with Crippen LogP contribution in [-0.2, 0) is 17.6 Å². The Labute approximate surface area is 152 Å². The summed E-state index contributed by atoms with van der Waals surface area (Å²) < 4.78 is 0.476. The number of anilines is 2. The normalized spacial score (nSPS) is 10.6. The molecular formula is C18H24N4O2S. The topological polar surface area (TPSA) is 104 Å². The molecular weight excluding hydrogens is 336 g/mol. The van der Waals surface area contributed by atoms with Crippen molar-refractivity contribution in [3.8, 4) is 0 Å². The van der Waals surface area contributed by atoms with E-state index in [1.54, 1.807) is 0 Å². The van der Waals surface area contributed by atoms with E-state index in [4.69, 9.17) is 23.1 Å². The van der Waals surface area contributed by atoms with E-state index in [0.29, 0.717) is 17.0 Å². The molecule has 0 saturated carbocycles.